The number of nitrogens with zero attached hydrogens (tertiary/aromatic N) is 1. The number of ether oxygens (including phenoxy) is 1. The number of aryl methyl sites for hydroxylation is 1. The molecule has 17 heavy (non-hydrogen) atoms. The summed E-state index contributed by atoms with van der Waals surface area (Å²) in [5, 5.41) is 0. The highest BCUT2D eigenvalue weighted by atomic mass is 16.5. The summed E-state index contributed by atoms with van der Waals surface area (Å²) in [6.07, 6.45) is 4.13. The zero-order valence-corrected chi connectivity index (χ0v) is 9.59. The van der Waals surface area contributed by atoms with E-state index in [4.69, 9.17) is 4.74 Å². The third-order valence-electron chi connectivity index (χ3n) is 2.46. The van der Waals surface area contributed by atoms with Crippen molar-refractivity contribution in [1.29, 1.82) is 0 Å². The minimum Gasteiger partial charge on any atom is -0.423 e. The van der Waals surface area contributed by atoms with E-state index in [1.807, 2.05) is 12.1 Å². The van der Waals surface area contributed by atoms with Crippen molar-refractivity contribution in [2.75, 3.05) is 0 Å². The van der Waals surface area contributed by atoms with Gasteiger partial charge in [0.25, 0.3) is 0 Å². The summed E-state index contributed by atoms with van der Waals surface area (Å²) in [5.41, 5.74) is 1.75. The number of rotatable bonds is 3. The summed E-state index contributed by atoms with van der Waals surface area (Å²) in [5.74, 6) is 0.156. The van der Waals surface area contributed by atoms with Gasteiger partial charge in [-0.3, -0.25) is 4.98 Å². The zero-order chi connectivity index (χ0) is 12.1. The first-order valence-electron chi connectivity index (χ1n) is 5.50. The average Bonchev–Trinajstić information content (AvgIpc) is 2.40. The standard InChI is InChI=1S/C14H13NO2/c1-2-11-3-5-12(6-4-11)14(16)17-13-7-9-15-10-8-13/h3-10H,2H2,1H3. The molecule has 3 nitrogen and oxygen atoms in total. The van der Waals surface area contributed by atoms with Crippen LogP contribution in [0.3, 0.4) is 0 Å². The van der Waals surface area contributed by atoms with Crippen LogP contribution in [0.2, 0.25) is 0 Å². The lowest BCUT2D eigenvalue weighted by atomic mass is 10.1. The van der Waals surface area contributed by atoms with Crippen molar-refractivity contribution in [2.45, 2.75) is 13.3 Å². The van der Waals surface area contributed by atoms with E-state index in [0.717, 1.165) is 6.42 Å². The number of hydrogen-bond acceptors (Lipinski definition) is 3. The van der Waals surface area contributed by atoms with Gasteiger partial charge in [-0.15, -0.1) is 0 Å². The van der Waals surface area contributed by atoms with Crippen LogP contribution in [0.4, 0.5) is 0 Å². The second-order valence-electron chi connectivity index (χ2n) is 3.62. The van der Waals surface area contributed by atoms with Gasteiger partial charge in [0.2, 0.25) is 0 Å². The maximum Gasteiger partial charge on any atom is 0.343 e. The number of pyridine rings is 1. The van der Waals surface area contributed by atoms with E-state index in [1.165, 1.54) is 5.56 Å². The maximum absolute atomic E-state index is 11.8. The third-order valence-corrected chi connectivity index (χ3v) is 2.46. The Hall–Kier alpha value is -2.16. The van der Waals surface area contributed by atoms with Crippen molar-refractivity contribution in [3.63, 3.8) is 0 Å². The summed E-state index contributed by atoms with van der Waals surface area (Å²) in [6, 6.07) is 10.7. The van der Waals surface area contributed by atoms with Crippen LogP contribution in [0.1, 0.15) is 22.8 Å². The molecule has 0 N–H and O–H groups in total. The van der Waals surface area contributed by atoms with Crippen LogP contribution in [0.15, 0.2) is 48.8 Å². The normalized spacial score (nSPS) is 9.94. The first kappa shape index (κ1) is 11.3. The predicted molar refractivity (Wildman–Crippen MR) is 65.0 cm³/mol. The quantitative estimate of drug-likeness (QED) is 0.757. The molecule has 0 saturated heterocycles. The first-order valence-corrected chi connectivity index (χ1v) is 5.50. The van der Waals surface area contributed by atoms with Gasteiger partial charge in [0.15, 0.2) is 0 Å². The molecular weight excluding hydrogens is 214 g/mol. The molecule has 0 aliphatic carbocycles. The zero-order valence-electron chi connectivity index (χ0n) is 9.59. The van der Waals surface area contributed by atoms with E-state index in [1.54, 1.807) is 36.7 Å². The van der Waals surface area contributed by atoms with E-state index >= 15 is 0 Å². The molecule has 0 aliphatic rings. The van der Waals surface area contributed by atoms with Crippen molar-refractivity contribution < 1.29 is 9.53 Å². The van der Waals surface area contributed by atoms with E-state index in [-0.39, 0.29) is 5.97 Å². The second-order valence-corrected chi connectivity index (χ2v) is 3.62. The Labute approximate surface area is 100 Å². The summed E-state index contributed by atoms with van der Waals surface area (Å²) in [7, 11) is 0. The average molecular weight is 227 g/mol. The lowest BCUT2D eigenvalue weighted by molar-refractivity contribution is 0.0734. The van der Waals surface area contributed by atoms with Crippen molar-refractivity contribution in [3.8, 4) is 5.75 Å². The van der Waals surface area contributed by atoms with Crippen LogP contribution in [-0.2, 0) is 6.42 Å². The van der Waals surface area contributed by atoms with Gasteiger partial charge in [0.1, 0.15) is 5.75 Å². The van der Waals surface area contributed by atoms with Crippen LogP contribution in [0.5, 0.6) is 5.75 Å². The molecule has 0 atom stereocenters. The Morgan fingerprint density at radius 1 is 1.12 bits per heavy atom. The Morgan fingerprint density at radius 2 is 1.76 bits per heavy atom. The van der Waals surface area contributed by atoms with Gasteiger partial charge >= 0.3 is 5.97 Å². The van der Waals surface area contributed by atoms with Gasteiger partial charge in [-0.25, -0.2) is 4.79 Å². The van der Waals surface area contributed by atoms with Crippen LogP contribution in [-0.4, -0.2) is 11.0 Å². The highest BCUT2D eigenvalue weighted by Gasteiger charge is 2.07. The predicted octanol–water partition coefficient (Wildman–Crippen LogP) is 2.86. The van der Waals surface area contributed by atoms with Crippen LogP contribution < -0.4 is 4.74 Å². The van der Waals surface area contributed by atoms with Gasteiger partial charge in [0, 0.05) is 12.4 Å². The van der Waals surface area contributed by atoms with Crippen LogP contribution >= 0.6 is 0 Å². The molecule has 0 fully saturated rings. The van der Waals surface area contributed by atoms with Gasteiger partial charge < -0.3 is 4.74 Å². The fourth-order valence-electron chi connectivity index (χ4n) is 1.45. The van der Waals surface area contributed by atoms with Crippen molar-refractivity contribution >= 4 is 5.97 Å². The molecule has 0 amide bonds. The van der Waals surface area contributed by atoms with Gasteiger partial charge in [0.05, 0.1) is 5.56 Å². The smallest absolute Gasteiger partial charge is 0.343 e. The SMILES string of the molecule is CCc1ccc(C(=O)Oc2ccncc2)cc1. The fraction of sp³-hybridized carbons (Fsp3) is 0.143. The first-order chi connectivity index (χ1) is 8.29. The number of carbonyl (C=O) groups excluding carboxylic acids is 1. The number of benzene rings is 1. The van der Waals surface area contributed by atoms with E-state index in [0.29, 0.717) is 11.3 Å². The summed E-state index contributed by atoms with van der Waals surface area (Å²) in [4.78, 5) is 15.6. The minimum absolute atomic E-state index is 0.348. The topological polar surface area (TPSA) is 39.2 Å². The maximum atomic E-state index is 11.8. The van der Waals surface area contributed by atoms with Gasteiger partial charge in [-0.1, -0.05) is 19.1 Å². The van der Waals surface area contributed by atoms with Crippen molar-refractivity contribution in [3.05, 3.63) is 59.9 Å². The van der Waals surface area contributed by atoms with Gasteiger partial charge in [-0.05, 0) is 36.2 Å². The molecule has 0 bridgehead atoms. The molecular formula is C14H13NO2. The van der Waals surface area contributed by atoms with E-state index < -0.39 is 0 Å². The second kappa shape index (κ2) is 5.25. The molecule has 2 rings (SSSR count). The molecule has 86 valence electrons. The molecule has 2 aromatic rings. The van der Waals surface area contributed by atoms with Crippen LogP contribution in [0, 0.1) is 0 Å². The van der Waals surface area contributed by atoms with Crippen molar-refractivity contribution in [2.24, 2.45) is 0 Å². The summed E-state index contributed by atoms with van der Waals surface area (Å²) < 4.78 is 5.19. The molecule has 1 heterocycles. The molecule has 0 aliphatic heterocycles. The largest absolute Gasteiger partial charge is 0.423 e. The monoisotopic (exact) mass is 227 g/mol. The lowest BCUT2D eigenvalue weighted by Crippen LogP contribution is -2.08. The lowest BCUT2D eigenvalue weighted by Gasteiger charge is -2.04. The molecule has 1 aromatic carbocycles. The minimum atomic E-state index is -0.348. The number of carbonyl (C=O) groups is 1. The highest BCUT2D eigenvalue weighted by Crippen LogP contribution is 2.11. The Balaban J connectivity index is 2.09. The van der Waals surface area contributed by atoms with Crippen molar-refractivity contribution in [1.82, 2.24) is 4.98 Å². The molecule has 1 aromatic heterocycles. The number of esters is 1. The molecule has 3 heteroatoms. The van der Waals surface area contributed by atoms with E-state index in [9.17, 15) is 4.79 Å². The molecule has 0 unspecified atom stereocenters. The summed E-state index contributed by atoms with van der Waals surface area (Å²) in [6.45, 7) is 2.07. The fourth-order valence-corrected chi connectivity index (χ4v) is 1.45. The number of hydrogen-bond donors (Lipinski definition) is 0. The Bertz CT molecular complexity index is 491. The Morgan fingerprint density at radius 3 is 2.35 bits per heavy atom. The highest BCUT2D eigenvalue weighted by molar-refractivity contribution is 5.91. The molecule has 0 radical (unpaired) electrons. The molecule has 0 saturated carbocycles. The summed E-state index contributed by atoms with van der Waals surface area (Å²) >= 11 is 0. The van der Waals surface area contributed by atoms with E-state index in [2.05, 4.69) is 11.9 Å². The number of aromatic nitrogens is 1. The molecule has 0 spiro atoms. The van der Waals surface area contributed by atoms with Crippen LogP contribution in [0.25, 0.3) is 0 Å². The Kier molecular flexibility index (Phi) is 3.50. The third kappa shape index (κ3) is 2.91. The van der Waals surface area contributed by atoms with Gasteiger partial charge in [-0.2, -0.15) is 0 Å².